The zero-order chi connectivity index (χ0) is 29.8. The molecule has 1 aliphatic rings. The lowest BCUT2D eigenvalue weighted by Gasteiger charge is -2.27. The van der Waals surface area contributed by atoms with Crippen molar-refractivity contribution >= 4 is 29.4 Å². The number of ketones is 1. The topological polar surface area (TPSA) is 187 Å². The van der Waals surface area contributed by atoms with Crippen LogP contribution in [-0.2, 0) is 43.2 Å². The van der Waals surface area contributed by atoms with E-state index in [9.17, 15) is 24.0 Å². The minimum Gasteiger partial charge on any atom is -0.370 e. The molecule has 0 saturated heterocycles. The molecule has 0 aliphatic heterocycles. The number of hydrogen-bond acceptors (Lipinski definition) is 6. The number of hydrogen-bond donors (Lipinski definition) is 5. The van der Waals surface area contributed by atoms with E-state index >= 15 is 0 Å². The van der Waals surface area contributed by atoms with Gasteiger partial charge in [-0.1, -0.05) is 61.0 Å². The van der Waals surface area contributed by atoms with E-state index in [1.54, 1.807) is 0 Å². The fraction of sp³-hybridized carbons (Fsp3) is 0.452. The van der Waals surface area contributed by atoms with Crippen LogP contribution in [0.15, 0.2) is 54.6 Å². The van der Waals surface area contributed by atoms with E-state index in [0.717, 1.165) is 17.5 Å². The van der Waals surface area contributed by atoms with Crippen molar-refractivity contribution in [2.45, 2.75) is 69.9 Å². The summed E-state index contributed by atoms with van der Waals surface area (Å²) in [6.45, 7) is 0.422. The molecule has 0 aromatic heterocycles. The molecule has 8 N–H and O–H groups in total. The monoisotopic (exact) mass is 563 g/mol. The molecule has 0 fully saturated rings. The number of aryl methyl sites for hydroxylation is 1. The normalized spacial score (nSPS) is 16.5. The van der Waals surface area contributed by atoms with Crippen LogP contribution in [0.25, 0.3) is 0 Å². The maximum absolute atomic E-state index is 13.7. The molecule has 2 aromatic rings. The second-order valence-corrected chi connectivity index (χ2v) is 10.7. The third-order valence-corrected chi connectivity index (χ3v) is 7.60. The average Bonchev–Trinajstić information content (AvgIpc) is 2.95. The lowest BCUT2D eigenvalue weighted by Crippen LogP contribution is -2.50. The van der Waals surface area contributed by atoms with Crippen LogP contribution < -0.4 is 27.8 Å². The van der Waals surface area contributed by atoms with Gasteiger partial charge in [0, 0.05) is 18.3 Å². The van der Waals surface area contributed by atoms with Crippen LogP contribution in [0.5, 0.6) is 0 Å². The quantitative estimate of drug-likeness (QED) is 0.190. The van der Waals surface area contributed by atoms with E-state index in [2.05, 4.69) is 16.7 Å². The molecule has 0 heterocycles. The van der Waals surface area contributed by atoms with Crippen LogP contribution in [0.4, 0.5) is 0 Å². The number of benzene rings is 2. The molecular formula is C31H41N5O5. The summed E-state index contributed by atoms with van der Waals surface area (Å²) in [6, 6.07) is 15.3. The maximum Gasteiger partial charge on any atom is 0.240 e. The van der Waals surface area contributed by atoms with E-state index in [0.29, 0.717) is 38.6 Å². The Morgan fingerprint density at radius 3 is 2.17 bits per heavy atom. The van der Waals surface area contributed by atoms with Crippen LogP contribution in [0.3, 0.4) is 0 Å². The van der Waals surface area contributed by atoms with E-state index < -0.39 is 42.1 Å². The fourth-order valence-corrected chi connectivity index (χ4v) is 5.27. The number of rotatable bonds is 16. The van der Waals surface area contributed by atoms with Crippen molar-refractivity contribution in [3.63, 3.8) is 0 Å². The van der Waals surface area contributed by atoms with Crippen LogP contribution in [0.1, 0.15) is 55.2 Å². The third-order valence-electron chi connectivity index (χ3n) is 7.60. The van der Waals surface area contributed by atoms with Gasteiger partial charge >= 0.3 is 0 Å². The summed E-state index contributed by atoms with van der Waals surface area (Å²) in [4.78, 5) is 63.5. The molecule has 0 unspecified atom stereocenters. The van der Waals surface area contributed by atoms with Crippen molar-refractivity contribution in [2.75, 3.05) is 6.54 Å². The highest BCUT2D eigenvalue weighted by Crippen LogP contribution is 2.26. The molecule has 3 rings (SSSR count). The van der Waals surface area contributed by atoms with Gasteiger partial charge in [-0.3, -0.25) is 24.0 Å². The molecule has 0 bridgehead atoms. The number of primary amides is 2. The highest BCUT2D eigenvalue weighted by Gasteiger charge is 2.32. The highest BCUT2D eigenvalue weighted by molar-refractivity contribution is 5.95. The van der Waals surface area contributed by atoms with Crippen molar-refractivity contribution < 1.29 is 24.0 Å². The standard InChI is InChI=1S/C31H41N5O5/c32-15-7-6-12-23(30(40)36-26(29(34)39)19-28(33)38)18-27(37)25(16-20-8-2-1-3-9-20)35-31(41)24-14-13-21-10-4-5-11-22(21)17-24/h1-5,8-11,23-26H,6-7,12-19,32H2,(H2,33,38)(H2,34,39)(H,35,41)(H,36,40)/t23-,24+,25+,26+/m1/s1. The predicted octanol–water partition coefficient (Wildman–Crippen LogP) is 1.07. The molecule has 0 radical (unpaired) electrons. The second kappa shape index (κ2) is 15.7. The first-order chi connectivity index (χ1) is 19.7. The summed E-state index contributed by atoms with van der Waals surface area (Å²) in [7, 11) is 0. The number of Topliss-reactive ketones (excluding diaryl/α,β-unsaturated/α-hetero) is 1. The molecule has 220 valence electrons. The largest absolute Gasteiger partial charge is 0.370 e. The number of carbonyl (C=O) groups is 5. The summed E-state index contributed by atoms with van der Waals surface area (Å²) in [5.41, 5.74) is 19.4. The van der Waals surface area contributed by atoms with E-state index in [1.165, 1.54) is 5.56 Å². The molecule has 4 atom stereocenters. The van der Waals surface area contributed by atoms with Crippen LogP contribution >= 0.6 is 0 Å². The summed E-state index contributed by atoms with van der Waals surface area (Å²) >= 11 is 0. The molecule has 2 aromatic carbocycles. The lowest BCUT2D eigenvalue weighted by atomic mass is 9.83. The number of nitrogens with one attached hydrogen (secondary N) is 2. The fourth-order valence-electron chi connectivity index (χ4n) is 5.27. The number of amides is 4. The van der Waals surface area contributed by atoms with Crippen LogP contribution in [0, 0.1) is 11.8 Å². The molecule has 10 nitrogen and oxygen atoms in total. The van der Waals surface area contributed by atoms with Gasteiger partial charge < -0.3 is 27.8 Å². The maximum atomic E-state index is 13.7. The van der Waals surface area contributed by atoms with Gasteiger partial charge in [-0.05, 0) is 61.8 Å². The van der Waals surface area contributed by atoms with Gasteiger partial charge in [-0.15, -0.1) is 0 Å². The number of unbranched alkanes of at least 4 members (excludes halogenated alkanes) is 1. The highest BCUT2D eigenvalue weighted by atomic mass is 16.2. The lowest BCUT2D eigenvalue weighted by molar-refractivity contribution is -0.134. The van der Waals surface area contributed by atoms with Crippen molar-refractivity contribution in [3.05, 3.63) is 71.3 Å². The van der Waals surface area contributed by atoms with Crippen molar-refractivity contribution in [1.82, 2.24) is 10.6 Å². The first-order valence-electron chi connectivity index (χ1n) is 14.2. The second-order valence-electron chi connectivity index (χ2n) is 10.7. The minimum absolute atomic E-state index is 0.163. The Labute approximate surface area is 240 Å². The van der Waals surface area contributed by atoms with Crippen molar-refractivity contribution in [2.24, 2.45) is 29.0 Å². The van der Waals surface area contributed by atoms with E-state index in [4.69, 9.17) is 17.2 Å². The van der Waals surface area contributed by atoms with Gasteiger partial charge in [0.05, 0.1) is 12.5 Å². The Hall–Kier alpha value is -4.05. The molecular weight excluding hydrogens is 522 g/mol. The van der Waals surface area contributed by atoms with E-state index in [1.807, 2.05) is 48.5 Å². The molecule has 0 spiro atoms. The minimum atomic E-state index is -1.28. The Kier molecular flexibility index (Phi) is 12.0. The zero-order valence-corrected chi connectivity index (χ0v) is 23.3. The summed E-state index contributed by atoms with van der Waals surface area (Å²) in [5, 5.41) is 5.47. The SMILES string of the molecule is NCCCC[C@H](CC(=O)[C@H](Cc1ccccc1)NC(=O)[C@H]1CCc2ccccc2C1)C(=O)N[C@@H](CC(N)=O)C(N)=O. The Bertz CT molecular complexity index is 1220. The van der Waals surface area contributed by atoms with Gasteiger partial charge in [0.15, 0.2) is 5.78 Å². The van der Waals surface area contributed by atoms with Gasteiger partial charge in [0.25, 0.3) is 0 Å². The molecule has 1 aliphatic carbocycles. The van der Waals surface area contributed by atoms with Crippen molar-refractivity contribution in [3.8, 4) is 0 Å². The number of fused-ring (bicyclic) bond motifs is 1. The van der Waals surface area contributed by atoms with Gasteiger partial charge in [0.2, 0.25) is 23.6 Å². The molecule has 0 saturated carbocycles. The predicted molar refractivity (Wildman–Crippen MR) is 155 cm³/mol. The van der Waals surface area contributed by atoms with Crippen LogP contribution in [-0.4, -0.2) is 48.0 Å². The molecule has 41 heavy (non-hydrogen) atoms. The number of carbonyl (C=O) groups excluding carboxylic acids is 5. The summed E-state index contributed by atoms with van der Waals surface area (Å²) < 4.78 is 0. The first-order valence-corrected chi connectivity index (χ1v) is 14.2. The smallest absolute Gasteiger partial charge is 0.240 e. The Balaban J connectivity index is 1.76. The van der Waals surface area contributed by atoms with Gasteiger partial charge in [0.1, 0.15) is 6.04 Å². The average molecular weight is 564 g/mol. The summed E-state index contributed by atoms with van der Waals surface area (Å²) in [6.07, 6.45) is 3.31. The molecule has 4 amide bonds. The zero-order valence-electron chi connectivity index (χ0n) is 23.3. The van der Waals surface area contributed by atoms with Crippen LogP contribution in [0.2, 0.25) is 0 Å². The van der Waals surface area contributed by atoms with E-state index in [-0.39, 0.29) is 30.4 Å². The number of nitrogens with two attached hydrogens (primary N) is 3. The Morgan fingerprint density at radius 1 is 0.829 bits per heavy atom. The van der Waals surface area contributed by atoms with Gasteiger partial charge in [-0.25, -0.2) is 0 Å². The first kappa shape index (κ1) is 31.5. The van der Waals surface area contributed by atoms with Crippen molar-refractivity contribution in [1.29, 1.82) is 0 Å². The summed E-state index contributed by atoms with van der Waals surface area (Å²) in [5.74, 6) is -3.81. The Morgan fingerprint density at radius 2 is 1.51 bits per heavy atom. The van der Waals surface area contributed by atoms with Gasteiger partial charge in [-0.2, -0.15) is 0 Å². The third kappa shape index (κ3) is 9.82. The molecule has 10 heteroatoms.